The molecular weight excluding hydrogens is 357 g/mol. The number of likely N-dealkylation sites (N-methyl/N-ethyl adjacent to an activating group) is 1. The molecule has 0 aliphatic heterocycles. The standard InChI is InChI=1S/C16H16BrClFNO/c1-20-15(7-10-3-5-12(19)9-14(10)17)13-6-4-11(18)8-16(13)21-2/h3-6,8-9,15,20H,7H2,1-2H3. The first-order valence-corrected chi connectivity index (χ1v) is 7.67. The fraction of sp³-hybridized carbons (Fsp3) is 0.250. The second-order valence-electron chi connectivity index (χ2n) is 4.67. The lowest BCUT2D eigenvalue weighted by atomic mass is 9.98. The molecule has 0 aliphatic carbocycles. The van der Waals surface area contributed by atoms with Gasteiger partial charge >= 0.3 is 0 Å². The van der Waals surface area contributed by atoms with E-state index in [1.807, 2.05) is 19.2 Å². The molecule has 0 amide bonds. The summed E-state index contributed by atoms with van der Waals surface area (Å²) in [5, 5.41) is 3.90. The molecule has 5 heteroatoms. The van der Waals surface area contributed by atoms with Crippen LogP contribution in [0.3, 0.4) is 0 Å². The zero-order valence-electron chi connectivity index (χ0n) is 11.8. The van der Waals surface area contributed by atoms with Gasteiger partial charge in [0.25, 0.3) is 0 Å². The molecule has 2 aromatic rings. The molecule has 0 radical (unpaired) electrons. The summed E-state index contributed by atoms with van der Waals surface area (Å²) >= 11 is 9.40. The Morgan fingerprint density at radius 2 is 2.05 bits per heavy atom. The monoisotopic (exact) mass is 371 g/mol. The third kappa shape index (κ3) is 3.96. The minimum atomic E-state index is -0.254. The van der Waals surface area contributed by atoms with Gasteiger partial charge in [-0.05, 0) is 43.3 Å². The van der Waals surface area contributed by atoms with Crippen LogP contribution in [-0.4, -0.2) is 14.2 Å². The fourth-order valence-electron chi connectivity index (χ4n) is 2.25. The lowest BCUT2D eigenvalue weighted by molar-refractivity contribution is 0.401. The van der Waals surface area contributed by atoms with E-state index in [2.05, 4.69) is 21.2 Å². The highest BCUT2D eigenvalue weighted by Crippen LogP contribution is 2.31. The van der Waals surface area contributed by atoms with Gasteiger partial charge in [0.15, 0.2) is 0 Å². The molecule has 1 N–H and O–H groups in total. The lowest BCUT2D eigenvalue weighted by Crippen LogP contribution is -2.19. The molecular formula is C16H16BrClFNO. The van der Waals surface area contributed by atoms with E-state index < -0.39 is 0 Å². The van der Waals surface area contributed by atoms with Crippen molar-refractivity contribution < 1.29 is 9.13 Å². The van der Waals surface area contributed by atoms with Crippen LogP contribution >= 0.6 is 27.5 Å². The Morgan fingerprint density at radius 1 is 1.29 bits per heavy atom. The molecule has 0 bridgehead atoms. The third-order valence-electron chi connectivity index (χ3n) is 3.36. The highest BCUT2D eigenvalue weighted by atomic mass is 79.9. The molecule has 1 atom stereocenters. The topological polar surface area (TPSA) is 21.3 Å². The van der Waals surface area contributed by atoms with Crippen LogP contribution in [0.1, 0.15) is 17.2 Å². The smallest absolute Gasteiger partial charge is 0.125 e. The predicted octanol–water partition coefficient (Wildman–Crippen LogP) is 4.75. The van der Waals surface area contributed by atoms with Crippen LogP contribution in [0, 0.1) is 5.82 Å². The normalized spacial score (nSPS) is 12.2. The maximum atomic E-state index is 13.2. The Labute approximate surface area is 137 Å². The first-order chi connectivity index (χ1) is 10.0. The average Bonchev–Trinajstić information content (AvgIpc) is 2.47. The van der Waals surface area contributed by atoms with Gasteiger partial charge in [0.1, 0.15) is 11.6 Å². The van der Waals surface area contributed by atoms with Crippen LogP contribution in [0.25, 0.3) is 0 Å². The largest absolute Gasteiger partial charge is 0.496 e. The third-order valence-corrected chi connectivity index (χ3v) is 4.33. The van der Waals surface area contributed by atoms with E-state index in [4.69, 9.17) is 16.3 Å². The van der Waals surface area contributed by atoms with E-state index >= 15 is 0 Å². The second-order valence-corrected chi connectivity index (χ2v) is 5.96. The van der Waals surface area contributed by atoms with Gasteiger partial charge in [0, 0.05) is 21.1 Å². The van der Waals surface area contributed by atoms with Gasteiger partial charge in [-0.2, -0.15) is 0 Å². The van der Waals surface area contributed by atoms with Crippen LogP contribution in [0.5, 0.6) is 5.75 Å². The molecule has 0 spiro atoms. The number of halogens is 3. The molecule has 2 nitrogen and oxygen atoms in total. The van der Waals surface area contributed by atoms with Gasteiger partial charge < -0.3 is 10.1 Å². The zero-order chi connectivity index (χ0) is 15.4. The van der Waals surface area contributed by atoms with Crippen molar-refractivity contribution in [2.45, 2.75) is 12.5 Å². The zero-order valence-corrected chi connectivity index (χ0v) is 14.1. The van der Waals surface area contributed by atoms with Crippen molar-refractivity contribution in [1.82, 2.24) is 5.32 Å². The van der Waals surface area contributed by atoms with Crippen LogP contribution < -0.4 is 10.1 Å². The summed E-state index contributed by atoms with van der Waals surface area (Å²) in [5.74, 6) is 0.482. The first kappa shape index (κ1) is 16.3. The Morgan fingerprint density at radius 3 is 2.67 bits per heavy atom. The van der Waals surface area contributed by atoms with E-state index in [0.717, 1.165) is 21.3 Å². The molecule has 0 heterocycles. The lowest BCUT2D eigenvalue weighted by Gasteiger charge is -2.20. The minimum absolute atomic E-state index is 0.0407. The molecule has 2 rings (SSSR count). The SMILES string of the molecule is CNC(Cc1ccc(F)cc1Br)c1ccc(Cl)cc1OC. The van der Waals surface area contributed by atoms with Gasteiger partial charge in [-0.25, -0.2) is 4.39 Å². The summed E-state index contributed by atoms with van der Waals surface area (Å²) in [7, 11) is 3.51. The van der Waals surface area contributed by atoms with Crippen molar-refractivity contribution in [3.8, 4) is 5.75 Å². The molecule has 0 saturated heterocycles. The summed E-state index contributed by atoms with van der Waals surface area (Å²) in [6, 6.07) is 10.3. The van der Waals surface area contributed by atoms with Gasteiger partial charge in [0.05, 0.1) is 7.11 Å². The van der Waals surface area contributed by atoms with Crippen molar-refractivity contribution in [2.24, 2.45) is 0 Å². The van der Waals surface area contributed by atoms with Crippen LogP contribution in [-0.2, 0) is 6.42 Å². The second kappa shape index (κ2) is 7.25. The van der Waals surface area contributed by atoms with Crippen molar-refractivity contribution >= 4 is 27.5 Å². The van der Waals surface area contributed by atoms with Crippen LogP contribution in [0.2, 0.25) is 5.02 Å². The van der Waals surface area contributed by atoms with Crippen molar-refractivity contribution in [2.75, 3.05) is 14.2 Å². The molecule has 1 unspecified atom stereocenters. The van der Waals surface area contributed by atoms with Gasteiger partial charge in [0.2, 0.25) is 0 Å². The van der Waals surface area contributed by atoms with Crippen LogP contribution in [0.15, 0.2) is 40.9 Å². The van der Waals surface area contributed by atoms with E-state index in [1.54, 1.807) is 19.2 Å². The molecule has 21 heavy (non-hydrogen) atoms. The fourth-order valence-corrected chi connectivity index (χ4v) is 2.92. The molecule has 2 aromatic carbocycles. The van der Waals surface area contributed by atoms with E-state index in [9.17, 15) is 4.39 Å². The number of hydrogen-bond donors (Lipinski definition) is 1. The summed E-state index contributed by atoms with van der Waals surface area (Å²) in [6.07, 6.45) is 0.704. The first-order valence-electron chi connectivity index (χ1n) is 6.49. The summed E-state index contributed by atoms with van der Waals surface area (Å²) < 4.78 is 19.3. The summed E-state index contributed by atoms with van der Waals surface area (Å²) in [6.45, 7) is 0. The molecule has 0 saturated carbocycles. The molecule has 112 valence electrons. The number of nitrogens with one attached hydrogen (secondary N) is 1. The number of benzene rings is 2. The Hall–Kier alpha value is -1.10. The van der Waals surface area contributed by atoms with Crippen molar-refractivity contribution in [3.05, 3.63) is 62.8 Å². The highest BCUT2D eigenvalue weighted by Gasteiger charge is 2.17. The molecule has 0 fully saturated rings. The predicted molar refractivity (Wildman–Crippen MR) is 87.6 cm³/mol. The number of rotatable bonds is 5. The number of ether oxygens (including phenoxy) is 1. The highest BCUT2D eigenvalue weighted by molar-refractivity contribution is 9.10. The maximum absolute atomic E-state index is 13.2. The van der Waals surface area contributed by atoms with Crippen LogP contribution in [0.4, 0.5) is 4.39 Å². The van der Waals surface area contributed by atoms with Gasteiger partial charge in [-0.1, -0.05) is 39.7 Å². The maximum Gasteiger partial charge on any atom is 0.125 e. The molecule has 0 aromatic heterocycles. The van der Waals surface area contributed by atoms with Crippen molar-refractivity contribution in [3.63, 3.8) is 0 Å². The summed E-state index contributed by atoms with van der Waals surface area (Å²) in [5.41, 5.74) is 2.04. The van der Waals surface area contributed by atoms with E-state index in [-0.39, 0.29) is 11.9 Å². The van der Waals surface area contributed by atoms with E-state index in [1.165, 1.54) is 12.1 Å². The summed E-state index contributed by atoms with van der Waals surface area (Å²) in [4.78, 5) is 0. The molecule has 0 aliphatic rings. The Kier molecular flexibility index (Phi) is 5.62. The quantitative estimate of drug-likeness (QED) is 0.817. The Bertz CT molecular complexity index is 636. The average molecular weight is 373 g/mol. The Balaban J connectivity index is 2.32. The number of hydrogen-bond acceptors (Lipinski definition) is 2. The van der Waals surface area contributed by atoms with Gasteiger partial charge in [-0.15, -0.1) is 0 Å². The van der Waals surface area contributed by atoms with Crippen molar-refractivity contribution in [1.29, 1.82) is 0 Å². The number of methoxy groups -OCH3 is 1. The van der Waals surface area contributed by atoms with E-state index in [0.29, 0.717) is 11.4 Å². The van der Waals surface area contributed by atoms with Gasteiger partial charge in [-0.3, -0.25) is 0 Å². The minimum Gasteiger partial charge on any atom is -0.496 e.